The summed E-state index contributed by atoms with van der Waals surface area (Å²) in [5.74, 6) is 3.29. The van der Waals surface area contributed by atoms with Gasteiger partial charge in [0, 0.05) is 89.9 Å². The van der Waals surface area contributed by atoms with Crippen LogP contribution >= 0.6 is 23.2 Å². The number of nitrogens with one attached hydrogen (secondary N) is 4. The molecule has 8 nitrogen and oxygen atoms in total. The second kappa shape index (κ2) is 18.5. The van der Waals surface area contributed by atoms with Crippen molar-refractivity contribution in [2.24, 2.45) is 11.8 Å². The predicted molar refractivity (Wildman–Crippen MR) is 222 cm³/mol. The molecule has 2 aliphatic rings. The smallest absolute Gasteiger partial charge is 0.220 e. The summed E-state index contributed by atoms with van der Waals surface area (Å²) in [6.45, 7) is 6.00. The molecule has 1 aliphatic carbocycles. The van der Waals surface area contributed by atoms with E-state index in [0.29, 0.717) is 36.1 Å². The third kappa shape index (κ3) is 9.58. The Hall–Kier alpha value is -4.08. The number of rotatable bonds is 16. The molecule has 0 spiro atoms. The maximum atomic E-state index is 11.6. The first-order valence-electron chi connectivity index (χ1n) is 19.0. The van der Waals surface area contributed by atoms with Gasteiger partial charge in [-0.15, -0.1) is 0 Å². The van der Waals surface area contributed by atoms with E-state index in [9.17, 15) is 4.79 Å². The Bertz CT molecular complexity index is 1940. The Morgan fingerprint density at radius 1 is 0.870 bits per heavy atom. The fraction of sp³-hybridized carbons (Fsp3) is 0.409. The van der Waals surface area contributed by atoms with Gasteiger partial charge in [0.15, 0.2) is 0 Å². The zero-order valence-corrected chi connectivity index (χ0v) is 33.4. The minimum Gasteiger partial charge on any atom is -0.496 e. The zero-order valence-electron chi connectivity index (χ0n) is 31.9. The first-order chi connectivity index (χ1) is 26.2. The zero-order chi connectivity index (χ0) is 38.2. The monoisotopic (exact) mass is 769 g/mol. The molecule has 54 heavy (non-hydrogen) atoms. The second-order valence-corrected chi connectivity index (χ2v) is 15.8. The Morgan fingerprint density at radius 2 is 1.59 bits per heavy atom. The molecule has 0 aromatic heterocycles. The van der Waals surface area contributed by atoms with Crippen molar-refractivity contribution in [3.8, 4) is 33.8 Å². The maximum Gasteiger partial charge on any atom is 0.220 e. The van der Waals surface area contributed by atoms with Crippen molar-refractivity contribution in [3.63, 3.8) is 0 Å². The molecule has 1 saturated carbocycles. The summed E-state index contributed by atoms with van der Waals surface area (Å²) in [5, 5.41) is 19.7. The fourth-order valence-electron chi connectivity index (χ4n) is 7.93. The minimum atomic E-state index is 0.114. The Kier molecular flexibility index (Phi) is 13.6. The van der Waals surface area contributed by atoms with Gasteiger partial charge in [0.2, 0.25) is 5.91 Å². The van der Waals surface area contributed by atoms with E-state index in [1.54, 1.807) is 14.2 Å². The van der Waals surface area contributed by atoms with Crippen molar-refractivity contribution in [2.45, 2.75) is 71.1 Å². The number of hydrogen-bond donors (Lipinski definition) is 4. The van der Waals surface area contributed by atoms with Crippen LogP contribution in [-0.2, 0) is 24.4 Å². The highest BCUT2D eigenvalue weighted by molar-refractivity contribution is 6.36. The normalized spacial score (nSPS) is 18.4. The van der Waals surface area contributed by atoms with Crippen LogP contribution in [-0.4, -0.2) is 57.4 Å². The standard InChI is InChI=1S/C44H53Cl2N5O3/c1-28-11-13-29(14-12-28)26-51(2)27-33-19-39(45)32(21-42(33)54-4)24-49-40-10-6-8-36(38(40)22-47)37-9-5-7-35(44(37)46)30-15-16-31(41(20-30)53-3)23-48-25-34-17-18-43(52)50-34/h5-10,15-16,19-22,28-29,34,47-49H,11-14,17-18,23-27H2,1-4H3,(H,50,52). The van der Waals surface area contributed by atoms with Gasteiger partial charge < -0.3 is 35.7 Å². The number of benzene rings is 4. The van der Waals surface area contributed by atoms with E-state index in [0.717, 1.165) is 93.0 Å². The lowest BCUT2D eigenvalue weighted by Crippen LogP contribution is -2.35. The van der Waals surface area contributed by atoms with Crippen LogP contribution in [0.3, 0.4) is 0 Å². The highest BCUT2D eigenvalue weighted by atomic mass is 35.5. The molecule has 286 valence electrons. The maximum absolute atomic E-state index is 11.6. The Labute approximate surface area is 330 Å². The number of anilines is 1. The summed E-state index contributed by atoms with van der Waals surface area (Å²) in [4.78, 5) is 13.9. The van der Waals surface area contributed by atoms with E-state index in [1.165, 1.54) is 31.9 Å². The van der Waals surface area contributed by atoms with Gasteiger partial charge in [-0.1, -0.05) is 85.4 Å². The van der Waals surface area contributed by atoms with E-state index < -0.39 is 0 Å². The van der Waals surface area contributed by atoms with E-state index in [2.05, 4.69) is 40.9 Å². The molecule has 4 aromatic carbocycles. The van der Waals surface area contributed by atoms with Crippen LogP contribution in [0.2, 0.25) is 10.0 Å². The third-order valence-corrected chi connectivity index (χ3v) is 11.8. The molecule has 10 heteroatoms. The van der Waals surface area contributed by atoms with Crippen molar-refractivity contribution in [2.75, 3.05) is 39.7 Å². The van der Waals surface area contributed by atoms with Gasteiger partial charge >= 0.3 is 0 Å². The Balaban J connectivity index is 1.16. The van der Waals surface area contributed by atoms with Crippen LogP contribution in [0.15, 0.2) is 66.7 Å². The molecule has 4 N–H and O–H groups in total. The molecule has 1 heterocycles. The molecule has 2 fully saturated rings. The molecular formula is C44H53Cl2N5O3. The molecule has 1 unspecified atom stereocenters. The van der Waals surface area contributed by atoms with E-state index in [1.807, 2.05) is 60.7 Å². The molecule has 1 amide bonds. The number of halogens is 2. The molecular weight excluding hydrogens is 717 g/mol. The number of hydrogen-bond acceptors (Lipinski definition) is 7. The number of carbonyl (C=O) groups excluding carboxylic acids is 1. The summed E-state index contributed by atoms with van der Waals surface area (Å²) in [7, 11) is 5.56. The van der Waals surface area contributed by atoms with Crippen molar-refractivity contribution in [1.29, 1.82) is 5.41 Å². The van der Waals surface area contributed by atoms with Crippen LogP contribution < -0.4 is 25.4 Å². The second-order valence-electron chi connectivity index (χ2n) is 15.0. The lowest BCUT2D eigenvalue weighted by atomic mass is 9.83. The van der Waals surface area contributed by atoms with Crippen LogP contribution in [0.1, 0.15) is 67.7 Å². The summed E-state index contributed by atoms with van der Waals surface area (Å²) < 4.78 is 11.6. The molecule has 6 rings (SSSR count). The number of nitrogens with zero attached hydrogens (tertiary/aromatic N) is 1. The first-order valence-corrected chi connectivity index (χ1v) is 19.8. The third-order valence-electron chi connectivity index (χ3n) is 11.0. The number of amides is 1. The lowest BCUT2D eigenvalue weighted by Gasteiger charge is -2.30. The SMILES string of the molecule is COc1cc(-c2cccc(-c3cccc(NCc4cc(OC)c(CN(C)CC5CCC(C)CC5)cc4Cl)c3C=N)c2Cl)ccc1CNCC1CCC(=O)N1. The topological polar surface area (TPSA) is 98.7 Å². The number of methoxy groups -OCH3 is 2. The van der Waals surface area contributed by atoms with Gasteiger partial charge in [-0.2, -0.15) is 0 Å². The summed E-state index contributed by atoms with van der Waals surface area (Å²) in [6, 6.07) is 22.2. The van der Waals surface area contributed by atoms with Crippen molar-refractivity contribution >= 4 is 41.0 Å². The van der Waals surface area contributed by atoms with Gasteiger partial charge in [0.25, 0.3) is 0 Å². The molecule has 4 aromatic rings. The highest BCUT2D eigenvalue weighted by Crippen LogP contribution is 2.40. The summed E-state index contributed by atoms with van der Waals surface area (Å²) in [6.07, 6.45) is 8.07. The fourth-order valence-corrected chi connectivity index (χ4v) is 8.52. The van der Waals surface area contributed by atoms with Crippen LogP contribution in [0.4, 0.5) is 5.69 Å². The predicted octanol–water partition coefficient (Wildman–Crippen LogP) is 9.58. The van der Waals surface area contributed by atoms with Gasteiger partial charge in [-0.05, 0) is 79.1 Å². The van der Waals surface area contributed by atoms with Gasteiger partial charge in [0.1, 0.15) is 11.5 Å². The quantitative estimate of drug-likeness (QED) is 0.0848. The van der Waals surface area contributed by atoms with E-state index >= 15 is 0 Å². The van der Waals surface area contributed by atoms with Gasteiger partial charge in [0.05, 0.1) is 19.2 Å². The molecule has 0 bridgehead atoms. The average Bonchev–Trinajstić information content (AvgIpc) is 3.59. The minimum absolute atomic E-state index is 0.114. The average molecular weight is 771 g/mol. The molecule has 0 radical (unpaired) electrons. The Morgan fingerprint density at radius 3 is 2.31 bits per heavy atom. The summed E-state index contributed by atoms with van der Waals surface area (Å²) >= 11 is 14.1. The van der Waals surface area contributed by atoms with E-state index in [4.69, 9.17) is 38.1 Å². The highest BCUT2D eigenvalue weighted by Gasteiger charge is 2.22. The van der Waals surface area contributed by atoms with Crippen LogP contribution in [0, 0.1) is 17.2 Å². The largest absolute Gasteiger partial charge is 0.496 e. The molecule has 1 aliphatic heterocycles. The summed E-state index contributed by atoms with van der Waals surface area (Å²) in [5.41, 5.74) is 8.03. The number of ether oxygens (including phenoxy) is 2. The first kappa shape index (κ1) is 39.6. The van der Waals surface area contributed by atoms with Crippen LogP contribution in [0.25, 0.3) is 22.3 Å². The molecule has 1 atom stereocenters. The van der Waals surface area contributed by atoms with Crippen molar-refractivity contribution < 1.29 is 14.3 Å². The van der Waals surface area contributed by atoms with Crippen molar-refractivity contribution in [3.05, 3.63) is 99.0 Å². The van der Waals surface area contributed by atoms with Crippen LogP contribution in [0.5, 0.6) is 11.5 Å². The van der Waals surface area contributed by atoms with Gasteiger partial charge in [-0.25, -0.2) is 0 Å². The van der Waals surface area contributed by atoms with Gasteiger partial charge in [-0.3, -0.25) is 4.79 Å². The van der Waals surface area contributed by atoms with E-state index in [-0.39, 0.29) is 11.9 Å². The molecule has 1 saturated heterocycles. The lowest BCUT2D eigenvalue weighted by molar-refractivity contribution is -0.119. The van der Waals surface area contributed by atoms with Crippen molar-refractivity contribution in [1.82, 2.24) is 15.5 Å². The number of carbonyl (C=O) groups is 1.